The minimum absolute atomic E-state index is 0.477. The lowest BCUT2D eigenvalue weighted by Crippen LogP contribution is -2.40. The van der Waals surface area contributed by atoms with Crippen LogP contribution in [-0.2, 0) is 24.9 Å². The Bertz CT molecular complexity index is 692. The van der Waals surface area contributed by atoms with E-state index in [0.29, 0.717) is 19.7 Å². The van der Waals surface area contributed by atoms with Gasteiger partial charge in [0.1, 0.15) is 12.4 Å². The molecule has 2 rings (SSSR count). The van der Waals surface area contributed by atoms with Gasteiger partial charge in [-0.2, -0.15) is 0 Å². The Morgan fingerprint density at radius 3 is 2.56 bits per heavy atom. The number of nitrogens with one attached hydrogen (secondary N) is 1. The number of nitrogens with zero attached hydrogens (tertiary/aromatic N) is 5. The monoisotopic (exact) mass is 344 g/mol. The molecular formula is C18H28N6O. The Morgan fingerprint density at radius 1 is 1.24 bits per heavy atom. The highest BCUT2D eigenvalue weighted by atomic mass is 16.5. The fraction of sp³-hybridized carbons (Fsp3) is 0.500. The van der Waals surface area contributed by atoms with Crippen molar-refractivity contribution in [3.05, 3.63) is 47.0 Å². The number of ether oxygens (including phenoxy) is 1. The van der Waals surface area contributed by atoms with Gasteiger partial charge in [-0.15, -0.1) is 10.2 Å². The average molecular weight is 344 g/mol. The average Bonchev–Trinajstić information content (AvgIpc) is 2.92. The Kier molecular flexibility index (Phi) is 6.94. The highest BCUT2D eigenvalue weighted by molar-refractivity contribution is 5.79. The first-order valence-electron chi connectivity index (χ1n) is 8.40. The second-order valence-electron chi connectivity index (χ2n) is 6.12. The first-order chi connectivity index (χ1) is 12.0. The van der Waals surface area contributed by atoms with Crippen LogP contribution in [0.5, 0.6) is 0 Å². The molecule has 25 heavy (non-hydrogen) atoms. The van der Waals surface area contributed by atoms with Gasteiger partial charge in [0.15, 0.2) is 11.8 Å². The molecule has 1 heterocycles. The number of guanidine groups is 1. The third-order valence-electron chi connectivity index (χ3n) is 4.04. The number of rotatable bonds is 7. The van der Waals surface area contributed by atoms with Gasteiger partial charge in [-0.1, -0.05) is 29.8 Å². The van der Waals surface area contributed by atoms with Crippen LogP contribution in [0.4, 0.5) is 0 Å². The largest absolute Gasteiger partial charge is 0.383 e. The van der Waals surface area contributed by atoms with Crippen molar-refractivity contribution in [2.75, 3.05) is 27.3 Å². The van der Waals surface area contributed by atoms with Gasteiger partial charge in [0, 0.05) is 34.3 Å². The van der Waals surface area contributed by atoms with Crippen LogP contribution in [0.15, 0.2) is 29.3 Å². The molecule has 0 radical (unpaired) electrons. The Morgan fingerprint density at radius 2 is 1.96 bits per heavy atom. The van der Waals surface area contributed by atoms with Gasteiger partial charge in [0.25, 0.3) is 0 Å². The molecule has 0 unspecified atom stereocenters. The lowest BCUT2D eigenvalue weighted by atomic mass is 10.1. The minimum Gasteiger partial charge on any atom is -0.383 e. The second-order valence-corrected chi connectivity index (χ2v) is 6.12. The maximum atomic E-state index is 5.13. The van der Waals surface area contributed by atoms with Crippen molar-refractivity contribution in [1.82, 2.24) is 25.0 Å². The van der Waals surface area contributed by atoms with Gasteiger partial charge in [0.05, 0.1) is 6.61 Å². The van der Waals surface area contributed by atoms with Crippen LogP contribution < -0.4 is 5.32 Å². The summed E-state index contributed by atoms with van der Waals surface area (Å²) in [7, 11) is 5.67. The molecule has 0 saturated carbocycles. The zero-order chi connectivity index (χ0) is 18.2. The smallest absolute Gasteiger partial charge is 0.194 e. The Balaban J connectivity index is 2.08. The minimum atomic E-state index is 0.477. The Labute approximate surface area is 149 Å². The molecule has 0 atom stereocenters. The van der Waals surface area contributed by atoms with Crippen LogP contribution in [0.2, 0.25) is 0 Å². The zero-order valence-electron chi connectivity index (χ0n) is 15.8. The molecule has 0 spiro atoms. The number of aliphatic imine (C=N–C) groups is 1. The number of aromatic nitrogens is 3. The van der Waals surface area contributed by atoms with Crippen molar-refractivity contribution >= 4 is 5.96 Å². The normalized spacial score (nSPS) is 11.6. The molecule has 0 fully saturated rings. The number of benzene rings is 1. The van der Waals surface area contributed by atoms with E-state index in [2.05, 4.69) is 51.6 Å². The van der Waals surface area contributed by atoms with E-state index in [-0.39, 0.29) is 0 Å². The third kappa shape index (κ3) is 5.56. The lowest BCUT2D eigenvalue weighted by Gasteiger charge is -2.22. The SMILES string of the molecule is COCCNC(=NCc1nnc(C)n1C)N(C)Cc1ccc(C)cc1. The molecule has 2 aromatic rings. The van der Waals surface area contributed by atoms with Crippen LogP contribution in [0.3, 0.4) is 0 Å². The summed E-state index contributed by atoms with van der Waals surface area (Å²) in [5, 5.41) is 11.6. The summed E-state index contributed by atoms with van der Waals surface area (Å²) in [5.41, 5.74) is 2.50. The van der Waals surface area contributed by atoms with Crippen LogP contribution in [0.25, 0.3) is 0 Å². The van der Waals surface area contributed by atoms with E-state index < -0.39 is 0 Å². The summed E-state index contributed by atoms with van der Waals surface area (Å²) >= 11 is 0. The van der Waals surface area contributed by atoms with E-state index in [9.17, 15) is 0 Å². The third-order valence-corrected chi connectivity index (χ3v) is 4.04. The molecule has 0 amide bonds. The maximum absolute atomic E-state index is 5.13. The topological polar surface area (TPSA) is 67.6 Å². The summed E-state index contributed by atoms with van der Waals surface area (Å²) in [6.07, 6.45) is 0. The molecule has 136 valence electrons. The fourth-order valence-electron chi connectivity index (χ4n) is 2.35. The summed E-state index contributed by atoms with van der Waals surface area (Å²) in [6, 6.07) is 8.54. The van der Waals surface area contributed by atoms with Gasteiger partial charge in [-0.05, 0) is 19.4 Å². The first-order valence-corrected chi connectivity index (χ1v) is 8.40. The number of methoxy groups -OCH3 is 1. The molecule has 0 bridgehead atoms. The van der Waals surface area contributed by atoms with E-state index in [1.54, 1.807) is 7.11 Å². The van der Waals surface area contributed by atoms with Crippen molar-refractivity contribution in [2.24, 2.45) is 12.0 Å². The number of aryl methyl sites for hydroxylation is 2. The van der Waals surface area contributed by atoms with Crippen molar-refractivity contribution in [3.8, 4) is 0 Å². The standard InChI is InChI=1S/C18H28N6O/c1-14-6-8-16(9-7-14)13-23(3)18(19-10-11-25-5)20-12-17-22-21-15(2)24(17)4/h6-9H,10-13H2,1-5H3,(H,19,20). The van der Waals surface area contributed by atoms with E-state index in [1.165, 1.54) is 11.1 Å². The molecule has 7 heteroatoms. The van der Waals surface area contributed by atoms with Crippen molar-refractivity contribution < 1.29 is 4.74 Å². The Hall–Kier alpha value is -2.41. The highest BCUT2D eigenvalue weighted by Gasteiger charge is 2.09. The molecule has 0 aliphatic rings. The molecule has 1 N–H and O–H groups in total. The molecule has 7 nitrogen and oxygen atoms in total. The number of hydrogen-bond acceptors (Lipinski definition) is 4. The zero-order valence-corrected chi connectivity index (χ0v) is 15.8. The van der Waals surface area contributed by atoms with Gasteiger partial charge in [0.2, 0.25) is 0 Å². The summed E-state index contributed by atoms with van der Waals surface area (Å²) in [4.78, 5) is 6.81. The van der Waals surface area contributed by atoms with Crippen LogP contribution >= 0.6 is 0 Å². The molecule has 1 aromatic heterocycles. The predicted molar refractivity (Wildman–Crippen MR) is 99.4 cm³/mol. The molecule has 0 aliphatic heterocycles. The highest BCUT2D eigenvalue weighted by Crippen LogP contribution is 2.07. The molecule has 0 aliphatic carbocycles. The van der Waals surface area contributed by atoms with Crippen molar-refractivity contribution in [2.45, 2.75) is 26.9 Å². The summed E-state index contributed by atoms with van der Waals surface area (Å²) in [5.74, 6) is 2.54. The van der Waals surface area contributed by atoms with E-state index in [4.69, 9.17) is 9.73 Å². The first kappa shape index (κ1) is 18.9. The van der Waals surface area contributed by atoms with Crippen LogP contribution in [-0.4, -0.2) is 52.9 Å². The van der Waals surface area contributed by atoms with Crippen LogP contribution in [0.1, 0.15) is 22.8 Å². The van der Waals surface area contributed by atoms with Gasteiger partial charge in [-0.25, -0.2) is 4.99 Å². The molecule has 0 saturated heterocycles. The molecule has 1 aromatic carbocycles. The quantitative estimate of drug-likeness (QED) is 0.470. The van der Waals surface area contributed by atoms with E-state index in [1.807, 2.05) is 25.6 Å². The lowest BCUT2D eigenvalue weighted by molar-refractivity contribution is 0.203. The molecular weight excluding hydrogens is 316 g/mol. The maximum Gasteiger partial charge on any atom is 0.194 e. The van der Waals surface area contributed by atoms with Gasteiger partial charge >= 0.3 is 0 Å². The van der Waals surface area contributed by atoms with Crippen LogP contribution in [0, 0.1) is 13.8 Å². The van der Waals surface area contributed by atoms with E-state index >= 15 is 0 Å². The number of hydrogen-bond donors (Lipinski definition) is 1. The fourth-order valence-corrected chi connectivity index (χ4v) is 2.35. The van der Waals surface area contributed by atoms with Gasteiger partial charge in [-0.3, -0.25) is 0 Å². The predicted octanol–water partition coefficient (Wildman–Crippen LogP) is 1.66. The summed E-state index contributed by atoms with van der Waals surface area (Å²) in [6.45, 7) is 6.60. The van der Waals surface area contributed by atoms with Gasteiger partial charge < -0.3 is 19.5 Å². The van der Waals surface area contributed by atoms with E-state index in [0.717, 1.165) is 24.2 Å². The van der Waals surface area contributed by atoms with Crippen molar-refractivity contribution in [3.63, 3.8) is 0 Å². The second kappa shape index (κ2) is 9.17. The van der Waals surface area contributed by atoms with Crippen molar-refractivity contribution in [1.29, 1.82) is 0 Å². The summed E-state index contributed by atoms with van der Waals surface area (Å²) < 4.78 is 7.08.